The molecule has 0 aliphatic carbocycles. The van der Waals surface area contributed by atoms with Gasteiger partial charge in [0.15, 0.2) is 0 Å². The highest BCUT2D eigenvalue weighted by Crippen LogP contribution is 2.27. The molecule has 25 heavy (non-hydrogen) atoms. The number of imidazole rings is 1. The fourth-order valence-corrected chi connectivity index (χ4v) is 2.62. The van der Waals surface area contributed by atoms with Crippen LogP contribution in [-0.2, 0) is 0 Å². The van der Waals surface area contributed by atoms with E-state index in [9.17, 15) is 18.0 Å². The first-order valence-corrected chi connectivity index (χ1v) is 8.26. The van der Waals surface area contributed by atoms with Gasteiger partial charge in [0.2, 0.25) is 0 Å². The molecular weight excluding hydrogens is 355 g/mol. The molecule has 1 aromatic carbocycles. The number of nitrogens with zero attached hydrogens (tertiary/aromatic N) is 2. The van der Waals surface area contributed by atoms with Crippen LogP contribution in [0.25, 0.3) is 16.9 Å². The molecule has 3 rings (SSSR count). The third-order valence-corrected chi connectivity index (χ3v) is 3.74. The highest BCUT2D eigenvalue weighted by molar-refractivity contribution is 7.97. The molecule has 0 saturated heterocycles. The van der Waals surface area contributed by atoms with Gasteiger partial charge in [0.1, 0.15) is 11.4 Å². The van der Waals surface area contributed by atoms with Crippen LogP contribution in [0.2, 0.25) is 0 Å². The molecule has 2 heterocycles. The van der Waals surface area contributed by atoms with E-state index in [4.69, 9.17) is 0 Å². The van der Waals surface area contributed by atoms with E-state index in [2.05, 4.69) is 14.4 Å². The maximum absolute atomic E-state index is 12.2. The summed E-state index contributed by atoms with van der Waals surface area (Å²) in [6.45, 7) is 0. The highest BCUT2D eigenvalue weighted by atomic mass is 32.2. The number of halogens is 3. The molecule has 1 N–H and O–H groups in total. The first-order chi connectivity index (χ1) is 11.9. The molecule has 0 aliphatic heterocycles. The largest absolute Gasteiger partial charge is 0.573 e. The van der Waals surface area contributed by atoms with Gasteiger partial charge in [0.05, 0.1) is 11.9 Å². The molecule has 0 fully saturated rings. The minimum atomic E-state index is -4.72. The van der Waals surface area contributed by atoms with E-state index < -0.39 is 6.36 Å². The Bertz CT molecular complexity index is 907. The Morgan fingerprint density at radius 3 is 2.60 bits per heavy atom. The Kier molecular flexibility index (Phi) is 4.58. The molecule has 0 saturated carbocycles. The lowest BCUT2D eigenvalue weighted by atomic mass is 10.1. The number of rotatable bonds is 4. The van der Waals surface area contributed by atoms with Crippen molar-refractivity contribution in [1.82, 2.24) is 14.1 Å². The Hall–Kier alpha value is -2.68. The number of hydrogen-bond donors (Lipinski definition) is 1. The Morgan fingerprint density at radius 2 is 1.96 bits per heavy atom. The molecule has 3 aromatic rings. The standard InChI is InChI=1S/C16H12F3N3O2S/c1-25-21-15(23)11-6-7-22-13(9-20-14(22)8-11)10-2-4-12(5-3-10)24-16(17,18)19/h2-9H,1H3,(H,21,23). The van der Waals surface area contributed by atoms with Crippen molar-refractivity contribution in [1.29, 1.82) is 0 Å². The number of pyridine rings is 1. The van der Waals surface area contributed by atoms with Crippen molar-refractivity contribution in [2.24, 2.45) is 0 Å². The molecule has 0 unspecified atom stereocenters. The molecule has 1 amide bonds. The summed E-state index contributed by atoms with van der Waals surface area (Å²) in [5.74, 6) is -0.519. The average molecular weight is 367 g/mol. The van der Waals surface area contributed by atoms with Crippen LogP contribution in [0, 0.1) is 0 Å². The molecule has 0 bridgehead atoms. The van der Waals surface area contributed by atoms with Crippen LogP contribution >= 0.6 is 11.9 Å². The lowest BCUT2D eigenvalue weighted by Gasteiger charge is -2.09. The number of carbonyl (C=O) groups is 1. The zero-order valence-electron chi connectivity index (χ0n) is 12.9. The van der Waals surface area contributed by atoms with Crippen LogP contribution in [0.3, 0.4) is 0 Å². The van der Waals surface area contributed by atoms with Crippen molar-refractivity contribution < 1.29 is 22.7 Å². The van der Waals surface area contributed by atoms with Crippen molar-refractivity contribution in [2.45, 2.75) is 6.36 Å². The van der Waals surface area contributed by atoms with Gasteiger partial charge in [0.25, 0.3) is 5.91 Å². The monoisotopic (exact) mass is 367 g/mol. The summed E-state index contributed by atoms with van der Waals surface area (Å²) in [7, 11) is 0. The molecular formula is C16H12F3N3O2S. The van der Waals surface area contributed by atoms with E-state index >= 15 is 0 Å². The van der Waals surface area contributed by atoms with E-state index in [0.29, 0.717) is 22.5 Å². The summed E-state index contributed by atoms with van der Waals surface area (Å²) in [4.78, 5) is 16.1. The van der Waals surface area contributed by atoms with Gasteiger partial charge in [-0.05, 0) is 36.4 Å². The summed E-state index contributed by atoms with van der Waals surface area (Å²) >= 11 is 1.20. The van der Waals surface area contributed by atoms with Crippen LogP contribution in [-0.4, -0.2) is 27.9 Å². The van der Waals surface area contributed by atoms with E-state index in [1.165, 1.54) is 36.2 Å². The number of carbonyl (C=O) groups excluding carboxylic acids is 1. The van der Waals surface area contributed by atoms with Gasteiger partial charge in [-0.3, -0.25) is 13.9 Å². The summed E-state index contributed by atoms with van der Waals surface area (Å²) in [6.07, 6.45) is 0.299. The van der Waals surface area contributed by atoms with Crippen molar-refractivity contribution >= 4 is 23.5 Å². The highest BCUT2D eigenvalue weighted by Gasteiger charge is 2.31. The van der Waals surface area contributed by atoms with Crippen LogP contribution in [0.15, 0.2) is 48.8 Å². The van der Waals surface area contributed by atoms with E-state index in [1.807, 2.05) is 0 Å². The van der Waals surface area contributed by atoms with Crippen molar-refractivity contribution in [3.63, 3.8) is 0 Å². The number of benzene rings is 1. The first kappa shape index (κ1) is 17.2. The van der Waals surface area contributed by atoms with Gasteiger partial charge in [0, 0.05) is 23.6 Å². The Balaban J connectivity index is 1.90. The second-order valence-corrected chi connectivity index (χ2v) is 5.61. The van der Waals surface area contributed by atoms with E-state index in [0.717, 1.165) is 0 Å². The van der Waals surface area contributed by atoms with Gasteiger partial charge >= 0.3 is 6.36 Å². The number of hydrogen-bond acceptors (Lipinski definition) is 4. The van der Waals surface area contributed by atoms with Crippen LogP contribution in [0.5, 0.6) is 5.75 Å². The number of alkyl halides is 3. The second-order valence-electron chi connectivity index (χ2n) is 4.99. The molecule has 5 nitrogen and oxygen atoms in total. The summed E-state index contributed by atoms with van der Waals surface area (Å²) in [6, 6.07) is 8.78. The zero-order chi connectivity index (χ0) is 18.0. The van der Waals surface area contributed by atoms with Crippen molar-refractivity contribution in [3.8, 4) is 17.0 Å². The van der Waals surface area contributed by atoms with Crippen LogP contribution in [0.1, 0.15) is 10.4 Å². The smallest absolute Gasteiger partial charge is 0.406 e. The minimum Gasteiger partial charge on any atom is -0.406 e. The fraction of sp³-hybridized carbons (Fsp3) is 0.125. The van der Waals surface area contributed by atoms with Crippen LogP contribution in [0.4, 0.5) is 13.2 Å². The van der Waals surface area contributed by atoms with Gasteiger partial charge in [-0.2, -0.15) is 0 Å². The minimum absolute atomic E-state index is 0.229. The van der Waals surface area contributed by atoms with E-state index in [-0.39, 0.29) is 11.7 Å². The second kappa shape index (κ2) is 6.67. The number of amides is 1. The molecule has 0 aliphatic rings. The average Bonchev–Trinajstić information content (AvgIpc) is 2.97. The van der Waals surface area contributed by atoms with Gasteiger partial charge in [-0.15, -0.1) is 13.2 Å². The summed E-state index contributed by atoms with van der Waals surface area (Å²) in [5, 5.41) is 0. The quantitative estimate of drug-likeness (QED) is 0.711. The maximum atomic E-state index is 12.2. The molecule has 9 heteroatoms. The Labute approximate surface area is 145 Å². The van der Waals surface area contributed by atoms with Crippen molar-refractivity contribution in [3.05, 3.63) is 54.4 Å². The SMILES string of the molecule is CSNC(=O)c1ccn2c(-c3ccc(OC(F)(F)F)cc3)cnc2c1. The molecule has 0 spiro atoms. The number of fused-ring (bicyclic) bond motifs is 1. The molecule has 0 radical (unpaired) electrons. The normalized spacial score (nSPS) is 11.5. The predicted molar refractivity (Wildman–Crippen MR) is 88.3 cm³/mol. The predicted octanol–water partition coefficient (Wildman–Crippen LogP) is 3.91. The maximum Gasteiger partial charge on any atom is 0.573 e. The molecule has 2 aromatic heterocycles. The lowest BCUT2D eigenvalue weighted by Crippen LogP contribution is -2.16. The van der Waals surface area contributed by atoms with E-state index in [1.54, 1.807) is 35.2 Å². The number of aromatic nitrogens is 2. The van der Waals surface area contributed by atoms with Gasteiger partial charge < -0.3 is 4.74 Å². The lowest BCUT2D eigenvalue weighted by molar-refractivity contribution is -0.274. The van der Waals surface area contributed by atoms with Gasteiger partial charge in [-0.1, -0.05) is 11.9 Å². The zero-order valence-corrected chi connectivity index (χ0v) is 13.7. The Morgan fingerprint density at radius 1 is 1.24 bits per heavy atom. The topological polar surface area (TPSA) is 55.6 Å². The van der Waals surface area contributed by atoms with Gasteiger partial charge in [-0.25, -0.2) is 4.98 Å². The molecule has 130 valence electrons. The number of nitrogens with one attached hydrogen (secondary N) is 1. The van der Waals surface area contributed by atoms with Crippen LogP contribution < -0.4 is 9.46 Å². The molecule has 0 atom stereocenters. The third kappa shape index (κ3) is 3.87. The number of ether oxygens (including phenoxy) is 1. The fourth-order valence-electron chi connectivity index (χ4n) is 2.31. The first-order valence-electron chi connectivity index (χ1n) is 7.04. The summed E-state index contributed by atoms with van der Waals surface area (Å²) in [5.41, 5.74) is 2.38. The summed E-state index contributed by atoms with van der Waals surface area (Å²) < 4.78 is 44.9. The van der Waals surface area contributed by atoms with Crippen molar-refractivity contribution in [2.75, 3.05) is 6.26 Å². The third-order valence-electron chi connectivity index (χ3n) is 3.35.